The molecule has 0 amide bonds. The van der Waals surface area contributed by atoms with Crippen LogP contribution in [0.1, 0.15) is 24.2 Å². The van der Waals surface area contributed by atoms with Gasteiger partial charge in [-0.1, -0.05) is 28.8 Å². The first-order valence-corrected chi connectivity index (χ1v) is 4.90. The number of hydrogen-bond acceptors (Lipinski definition) is 1. The molecular weight excluding hydrogens is 219 g/mol. The Bertz CT molecular complexity index is 370. The van der Waals surface area contributed by atoms with Crippen LogP contribution >= 0.6 is 23.2 Å². The minimum atomic E-state index is -0.0746. The summed E-state index contributed by atoms with van der Waals surface area (Å²) in [4.78, 5) is 11.6. The van der Waals surface area contributed by atoms with Gasteiger partial charge >= 0.3 is 0 Å². The van der Waals surface area contributed by atoms with E-state index in [-0.39, 0.29) is 5.78 Å². The summed E-state index contributed by atoms with van der Waals surface area (Å²) in [5, 5.41) is 0.950. The zero-order chi connectivity index (χ0) is 10.7. The van der Waals surface area contributed by atoms with Crippen LogP contribution in [-0.2, 0) is 0 Å². The molecule has 0 heterocycles. The molecular formula is C11H10Cl2O. The van der Waals surface area contributed by atoms with Gasteiger partial charge < -0.3 is 0 Å². The molecule has 0 aliphatic rings. The van der Waals surface area contributed by atoms with E-state index in [1.165, 1.54) is 0 Å². The van der Waals surface area contributed by atoms with Crippen LogP contribution in [0.2, 0.25) is 10.0 Å². The van der Waals surface area contributed by atoms with E-state index in [1.54, 1.807) is 24.3 Å². The lowest BCUT2D eigenvalue weighted by molar-refractivity contribution is 0.104. The number of allylic oxidation sites excluding steroid dienone is 2. The van der Waals surface area contributed by atoms with Crippen molar-refractivity contribution in [3.63, 3.8) is 0 Å². The first-order chi connectivity index (χ1) is 6.49. The number of hydrogen-bond donors (Lipinski definition) is 0. The van der Waals surface area contributed by atoms with Gasteiger partial charge in [-0.05, 0) is 38.1 Å². The highest BCUT2D eigenvalue weighted by molar-refractivity contribution is 6.35. The van der Waals surface area contributed by atoms with E-state index in [0.29, 0.717) is 15.6 Å². The molecule has 0 fully saturated rings. The summed E-state index contributed by atoms with van der Waals surface area (Å²) >= 11 is 11.5. The molecule has 0 radical (unpaired) electrons. The van der Waals surface area contributed by atoms with Crippen LogP contribution in [0.3, 0.4) is 0 Å². The van der Waals surface area contributed by atoms with Crippen molar-refractivity contribution >= 4 is 29.0 Å². The Morgan fingerprint density at radius 1 is 1.14 bits per heavy atom. The van der Waals surface area contributed by atoms with Crippen molar-refractivity contribution in [2.24, 2.45) is 0 Å². The van der Waals surface area contributed by atoms with E-state index in [9.17, 15) is 4.79 Å². The predicted octanol–water partition coefficient (Wildman–Crippen LogP) is 4.14. The third kappa shape index (κ3) is 3.17. The molecule has 1 rings (SSSR count). The van der Waals surface area contributed by atoms with E-state index in [2.05, 4.69) is 0 Å². The molecule has 1 nitrogen and oxygen atoms in total. The lowest BCUT2D eigenvalue weighted by Gasteiger charge is -1.99. The van der Waals surface area contributed by atoms with Gasteiger partial charge in [-0.2, -0.15) is 0 Å². The van der Waals surface area contributed by atoms with E-state index in [4.69, 9.17) is 23.2 Å². The van der Waals surface area contributed by atoms with Crippen molar-refractivity contribution in [3.05, 3.63) is 45.5 Å². The third-order valence-electron chi connectivity index (χ3n) is 1.57. The highest BCUT2D eigenvalue weighted by Gasteiger charge is 2.04. The summed E-state index contributed by atoms with van der Waals surface area (Å²) in [7, 11) is 0. The molecule has 0 aliphatic heterocycles. The topological polar surface area (TPSA) is 17.1 Å². The zero-order valence-corrected chi connectivity index (χ0v) is 9.49. The molecule has 74 valence electrons. The second kappa shape index (κ2) is 4.63. The minimum Gasteiger partial charge on any atom is -0.289 e. The quantitative estimate of drug-likeness (QED) is 0.550. The summed E-state index contributed by atoms with van der Waals surface area (Å²) in [6.45, 7) is 3.73. The lowest BCUT2D eigenvalue weighted by Crippen LogP contribution is -1.94. The van der Waals surface area contributed by atoms with E-state index >= 15 is 0 Å². The number of ketones is 1. The van der Waals surface area contributed by atoms with E-state index in [0.717, 1.165) is 5.57 Å². The van der Waals surface area contributed by atoms with Crippen molar-refractivity contribution in [3.8, 4) is 0 Å². The fourth-order valence-electron chi connectivity index (χ4n) is 1.04. The molecule has 1 aromatic carbocycles. The summed E-state index contributed by atoms with van der Waals surface area (Å²) in [6, 6.07) is 4.81. The molecule has 0 N–H and O–H groups in total. The molecule has 0 saturated carbocycles. The highest BCUT2D eigenvalue weighted by Crippen LogP contribution is 2.19. The average Bonchev–Trinajstić information content (AvgIpc) is 2.00. The summed E-state index contributed by atoms with van der Waals surface area (Å²) < 4.78 is 0. The van der Waals surface area contributed by atoms with Crippen LogP contribution in [0, 0.1) is 0 Å². The van der Waals surface area contributed by atoms with Crippen LogP contribution in [-0.4, -0.2) is 5.78 Å². The van der Waals surface area contributed by atoms with Gasteiger partial charge in [-0.3, -0.25) is 4.79 Å². The van der Waals surface area contributed by atoms with Crippen molar-refractivity contribution in [1.82, 2.24) is 0 Å². The minimum absolute atomic E-state index is 0.0746. The van der Waals surface area contributed by atoms with E-state index in [1.807, 2.05) is 13.8 Å². The standard InChI is InChI=1S/C11H10Cl2O/c1-7(2)3-11(14)8-4-9(12)6-10(13)5-8/h3-6H,1-2H3. The summed E-state index contributed by atoms with van der Waals surface area (Å²) in [6.07, 6.45) is 1.56. The van der Waals surface area contributed by atoms with Crippen LogP contribution in [0.5, 0.6) is 0 Å². The van der Waals surface area contributed by atoms with Gasteiger partial charge in [0.05, 0.1) is 0 Å². The second-order valence-corrected chi connectivity index (χ2v) is 4.12. The van der Waals surface area contributed by atoms with Crippen molar-refractivity contribution in [1.29, 1.82) is 0 Å². The van der Waals surface area contributed by atoms with Crippen LogP contribution < -0.4 is 0 Å². The predicted molar refractivity (Wildman–Crippen MR) is 60.2 cm³/mol. The van der Waals surface area contributed by atoms with Crippen LogP contribution in [0.4, 0.5) is 0 Å². The van der Waals surface area contributed by atoms with Gasteiger partial charge in [0.1, 0.15) is 0 Å². The van der Waals surface area contributed by atoms with Crippen LogP contribution in [0.25, 0.3) is 0 Å². The second-order valence-electron chi connectivity index (χ2n) is 3.24. The Morgan fingerprint density at radius 3 is 2.07 bits per heavy atom. The van der Waals surface area contributed by atoms with Crippen molar-refractivity contribution < 1.29 is 4.79 Å². The molecule has 0 atom stereocenters. The fourth-order valence-corrected chi connectivity index (χ4v) is 1.57. The molecule has 3 heteroatoms. The molecule has 0 saturated heterocycles. The maximum atomic E-state index is 11.6. The highest BCUT2D eigenvalue weighted by atomic mass is 35.5. The molecule has 0 spiro atoms. The monoisotopic (exact) mass is 228 g/mol. The zero-order valence-electron chi connectivity index (χ0n) is 7.97. The molecule has 1 aromatic rings. The van der Waals surface area contributed by atoms with E-state index < -0.39 is 0 Å². The fraction of sp³-hybridized carbons (Fsp3) is 0.182. The van der Waals surface area contributed by atoms with Gasteiger partial charge in [0.15, 0.2) is 5.78 Å². The molecule has 14 heavy (non-hydrogen) atoms. The maximum Gasteiger partial charge on any atom is 0.185 e. The maximum absolute atomic E-state index is 11.6. The first kappa shape index (κ1) is 11.3. The summed E-state index contributed by atoms with van der Waals surface area (Å²) in [5.74, 6) is -0.0746. The van der Waals surface area contributed by atoms with Gasteiger partial charge in [-0.15, -0.1) is 0 Å². The van der Waals surface area contributed by atoms with Crippen LogP contribution in [0.15, 0.2) is 29.8 Å². The Labute approximate surface area is 93.3 Å². The van der Waals surface area contributed by atoms with Gasteiger partial charge in [0, 0.05) is 15.6 Å². The number of rotatable bonds is 2. The smallest absolute Gasteiger partial charge is 0.185 e. The normalized spacial score (nSPS) is 9.71. The molecule has 0 unspecified atom stereocenters. The number of carbonyl (C=O) groups excluding carboxylic acids is 1. The Hall–Kier alpha value is -0.790. The average molecular weight is 229 g/mol. The lowest BCUT2D eigenvalue weighted by atomic mass is 10.1. The molecule has 0 aromatic heterocycles. The Balaban J connectivity index is 3.08. The third-order valence-corrected chi connectivity index (χ3v) is 2.00. The Morgan fingerprint density at radius 2 is 1.64 bits per heavy atom. The number of halogens is 2. The number of carbonyl (C=O) groups is 1. The largest absolute Gasteiger partial charge is 0.289 e. The van der Waals surface area contributed by atoms with Crippen molar-refractivity contribution in [2.75, 3.05) is 0 Å². The van der Waals surface area contributed by atoms with Gasteiger partial charge in [-0.25, -0.2) is 0 Å². The molecule has 0 bridgehead atoms. The Kier molecular flexibility index (Phi) is 3.73. The SMILES string of the molecule is CC(C)=CC(=O)c1cc(Cl)cc(Cl)c1. The van der Waals surface area contributed by atoms with Gasteiger partial charge in [0.2, 0.25) is 0 Å². The molecule has 0 aliphatic carbocycles. The summed E-state index contributed by atoms with van der Waals surface area (Å²) in [5.41, 5.74) is 1.47. The van der Waals surface area contributed by atoms with Crippen molar-refractivity contribution in [2.45, 2.75) is 13.8 Å². The first-order valence-electron chi connectivity index (χ1n) is 4.14. The van der Waals surface area contributed by atoms with Gasteiger partial charge in [0.25, 0.3) is 0 Å². The number of benzene rings is 1.